The average molecular weight is 357 g/mol. The molecule has 0 aliphatic carbocycles. The first-order valence-corrected chi connectivity index (χ1v) is 9.72. The zero-order chi connectivity index (χ0) is 17.0. The van der Waals surface area contributed by atoms with Crippen molar-refractivity contribution in [3.05, 3.63) is 18.2 Å². The van der Waals surface area contributed by atoms with E-state index in [1.165, 1.54) is 25.9 Å². The summed E-state index contributed by atoms with van der Waals surface area (Å²) in [6.07, 6.45) is 2.60. The number of anilines is 1. The summed E-state index contributed by atoms with van der Waals surface area (Å²) in [5.74, 6) is 2.58. The molecule has 0 amide bonds. The second-order valence-corrected chi connectivity index (χ2v) is 8.36. The Labute approximate surface area is 151 Å². The minimum atomic E-state index is 0.179. The molecule has 3 fully saturated rings. The third-order valence-corrected chi connectivity index (χ3v) is 7.08. The van der Waals surface area contributed by atoms with Crippen molar-refractivity contribution in [3.63, 3.8) is 0 Å². The van der Waals surface area contributed by atoms with Crippen molar-refractivity contribution in [1.82, 2.24) is 14.8 Å². The molecule has 6 nitrogen and oxygen atoms in total. The van der Waals surface area contributed by atoms with Gasteiger partial charge in [-0.25, -0.2) is 4.98 Å². The highest BCUT2D eigenvalue weighted by molar-refractivity contribution is 7.22. The van der Waals surface area contributed by atoms with Crippen molar-refractivity contribution in [1.29, 1.82) is 0 Å². The molecule has 1 aromatic carbocycles. The van der Waals surface area contributed by atoms with Gasteiger partial charge in [0, 0.05) is 13.6 Å². The molecule has 1 aromatic heterocycles. The van der Waals surface area contributed by atoms with Crippen LogP contribution in [0.2, 0.25) is 0 Å². The molecule has 2 bridgehead atoms. The third-order valence-electron chi connectivity index (χ3n) is 6.15. The Morgan fingerprint density at radius 3 is 2.88 bits per heavy atom. The first-order chi connectivity index (χ1) is 12.2. The van der Waals surface area contributed by atoms with Gasteiger partial charge in [0.2, 0.25) is 5.96 Å². The van der Waals surface area contributed by atoms with Crippen LogP contribution in [0.25, 0.3) is 10.2 Å². The summed E-state index contributed by atoms with van der Waals surface area (Å²) in [6, 6.07) is 5.99. The van der Waals surface area contributed by atoms with Crippen LogP contribution in [0.15, 0.2) is 23.2 Å². The van der Waals surface area contributed by atoms with Crippen molar-refractivity contribution < 1.29 is 4.74 Å². The van der Waals surface area contributed by atoms with Gasteiger partial charge in [0.25, 0.3) is 0 Å². The van der Waals surface area contributed by atoms with Gasteiger partial charge in [-0.1, -0.05) is 11.3 Å². The molecule has 1 N–H and O–H groups in total. The van der Waals surface area contributed by atoms with Gasteiger partial charge in [-0.15, -0.1) is 0 Å². The van der Waals surface area contributed by atoms with E-state index in [0.717, 1.165) is 46.1 Å². The highest BCUT2D eigenvalue weighted by Crippen LogP contribution is 2.42. The number of methoxy groups -OCH3 is 1. The predicted molar refractivity (Wildman–Crippen MR) is 102 cm³/mol. The van der Waals surface area contributed by atoms with Crippen molar-refractivity contribution >= 4 is 32.6 Å². The normalized spacial score (nSPS) is 31.0. The number of rotatable bonds is 2. The van der Waals surface area contributed by atoms with Gasteiger partial charge in [-0.3, -0.25) is 4.99 Å². The molecule has 1 spiro atoms. The topological polar surface area (TPSA) is 53.0 Å². The average Bonchev–Trinajstić information content (AvgIpc) is 3.18. The van der Waals surface area contributed by atoms with E-state index in [0.29, 0.717) is 0 Å². The number of likely N-dealkylation sites (N-methyl/N-ethyl adjacent to an activating group) is 1. The number of ether oxygens (including phenoxy) is 1. The quantitative estimate of drug-likeness (QED) is 0.895. The first-order valence-electron chi connectivity index (χ1n) is 8.90. The Morgan fingerprint density at radius 1 is 1.32 bits per heavy atom. The van der Waals surface area contributed by atoms with Crippen molar-refractivity contribution in [3.8, 4) is 5.75 Å². The van der Waals surface area contributed by atoms with Crippen LogP contribution in [0.5, 0.6) is 5.75 Å². The van der Waals surface area contributed by atoms with Gasteiger partial charge in [0.1, 0.15) is 5.75 Å². The van der Waals surface area contributed by atoms with Gasteiger partial charge < -0.3 is 19.9 Å². The number of fused-ring (bicyclic) bond motifs is 3. The van der Waals surface area contributed by atoms with Crippen LogP contribution < -0.4 is 10.1 Å². The van der Waals surface area contributed by atoms with Crippen LogP contribution in [-0.4, -0.2) is 66.6 Å². The lowest BCUT2D eigenvalue weighted by atomic mass is 9.72. The molecular weight excluding hydrogens is 334 g/mol. The molecule has 0 radical (unpaired) electrons. The highest BCUT2D eigenvalue weighted by Gasteiger charge is 2.52. The Kier molecular flexibility index (Phi) is 3.43. The predicted octanol–water partition coefficient (Wildman–Crippen LogP) is 2.48. The molecular formula is C18H23N5OS. The largest absolute Gasteiger partial charge is 0.497 e. The van der Waals surface area contributed by atoms with E-state index >= 15 is 0 Å². The van der Waals surface area contributed by atoms with E-state index in [9.17, 15) is 0 Å². The van der Waals surface area contributed by atoms with Gasteiger partial charge in [0.05, 0.1) is 29.4 Å². The number of nitrogens with one attached hydrogen (secondary N) is 1. The number of aromatic nitrogens is 1. The van der Waals surface area contributed by atoms with Crippen molar-refractivity contribution in [2.45, 2.75) is 18.4 Å². The molecule has 4 aliphatic heterocycles. The maximum Gasteiger partial charge on any atom is 0.200 e. The first kappa shape index (κ1) is 15.4. The number of piperidine rings is 3. The maximum atomic E-state index is 5.31. The third kappa shape index (κ3) is 2.33. The smallest absolute Gasteiger partial charge is 0.200 e. The number of hydrogen-bond acceptors (Lipinski definition) is 7. The summed E-state index contributed by atoms with van der Waals surface area (Å²) in [5.41, 5.74) is 1.17. The molecule has 1 atom stereocenters. The SMILES string of the molecule is COc1ccc2nc(NC3=NCC4(CN5CCC4CC5)N3C)sc2c1. The summed E-state index contributed by atoms with van der Waals surface area (Å²) in [7, 11) is 3.88. The molecule has 2 aromatic rings. The van der Waals surface area contributed by atoms with Crippen LogP contribution in [0, 0.1) is 5.92 Å². The van der Waals surface area contributed by atoms with E-state index < -0.39 is 0 Å². The van der Waals surface area contributed by atoms with Gasteiger partial charge in [0.15, 0.2) is 5.13 Å². The van der Waals surface area contributed by atoms with Gasteiger partial charge >= 0.3 is 0 Å². The van der Waals surface area contributed by atoms with Crippen LogP contribution in [0.4, 0.5) is 5.13 Å². The molecule has 1 unspecified atom stereocenters. The second kappa shape index (κ2) is 5.57. The molecule has 5 heterocycles. The number of nitrogens with zero attached hydrogens (tertiary/aromatic N) is 4. The number of aliphatic imine (C=N–C) groups is 1. The molecule has 3 saturated heterocycles. The van der Waals surface area contributed by atoms with Crippen molar-refractivity contribution in [2.24, 2.45) is 10.9 Å². The monoisotopic (exact) mass is 357 g/mol. The fraction of sp³-hybridized carbons (Fsp3) is 0.556. The van der Waals surface area contributed by atoms with E-state index in [1.54, 1.807) is 18.4 Å². The molecule has 132 valence electrons. The van der Waals surface area contributed by atoms with E-state index in [-0.39, 0.29) is 5.54 Å². The number of hydrogen-bond donors (Lipinski definition) is 1. The number of benzene rings is 1. The highest BCUT2D eigenvalue weighted by atomic mass is 32.1. The minimum absolute atomic E-state index is 0.179. The Balaban J connectivity index is 1.38. The van der Waals surface area contributed by atoms with Crippen LogP contribution in [0.1, 0.15) is 12.8 Å². The van der Waals surface area contributed by atoms with Crippen LogP contribution in [-0.2, 0) is 0 Å². The van der Waals surface area contributed by atoms with Crippen molar-refractivity contribution in [2.75, 3.05) is 45.7 Å². The zero-order valence-electron chi connectivity index (χ0n) is 14.7. The van der Waals surface area contributed by atoms with Gasteiger partial charge in [-0.05, 0) is 50.0 Å². The number of thiazole rings is 1. The minimum Gasteiger partial charge on any atom is -0.497 e. The summed E-state index contributed by atoms with van der Waals surface area (Å²) < 4.78 is 6.43. The second-order valence-electron chi connectivity index (χ2n) is 7.33. The summed E-state index contributed by atoms with van der Waals surface area (Å²) in [5, 5.41) is 4.37. The molecule has 0 saturated carbocycles. The summed E-state index contributed by atoms with van der Waals surface area (Å²) in [4.78, 5) is 14.5. The lowest BCUT2D eigenvalue weighted by molar-refractivity contribution is -0.0199. The Bertz CT molecular complexity index is 841. The molecule has 7 heteroatoms. The van der Waals surface area contributed by atoms with E-state index in [1.807, 2.05) is 18.2 Å². The Morgan fingerprint density at radius 2 is 2.16 bits per heavy atom. The maximum absolute atomic E-state index is 5.31. The standard InChI is InChI=1S/C18H23N5OS/c1-22-16(19-10-18(22)11-23-7-5-12(18)6-8-23)21-17-20-14-4-3-13(24-2)9-15(14)25-17/h3-4,9,12H,5-8,10-11H2,1-2H3,(H,19,20,21). The lowest BCUT2D eigenvalue weighted by Crippen LogP contribution is -2.66. The molecule has 4 aliphatic rings. The fourth-order valence-electron chi connectivity index (χ4n) is 4.64. The van der Waals surface area contributed by atoms with E-state index in [2.05, 4.69) is 22.2 Å². The summed E-state index contributed by atoms with van der Waals surface area (Å²) in [6.45, 7) is 4.54. The fourth-order valence-corrected chi connectivity index (χ4v) is 5.53. The summed E-state index contributed by atoms with van der Waals surface area (Å²) >= 11 is 1.65. The molecule has 25 heavy (non-hydrogen) atoms. The number of guanidine groups is 1. The van der Waals surface area contributed by atoms with Gasteiger partial charge in [-0.2, -0.15) is 0 Å². The van der Waals surface area contributed by atoms with Crippen LogP contribution >= 0.6 is 11.3 Å². The van der Waals surface area contributed by atoms with Crippen LogP contribution in [0.3, 0.4) is 0 Å². The lowest BCUT2D eigenvalue weighted by Gasteiger charge is -2.54. The van der Waals surface area contributed by atoms with E-state index in [4.69, 9.17) is 14.7 Å². The zero-order valence-corrected chi connectivity index (χ0v) is 15.5. The molecule has 6 rings (SSSR count). The Hall–Kier alpha value is -1.86.